The number of anilines is 1. The molecule has 1 saturated heterocycles. The number of aromatic nitrogens is 5. The highest BCUT2D eigenvalue weighted by Crippen LogP contribution is 2.30. The Morgan fingerprint density at radius 1 is 1.03 bits per heavy atom. The van der Waals surface area contributed by atoms with Gasteiger partial charge in [-0.25, -0.2) is 37.6 Å². The zero-order valence-electron chi connectivity index (χ0n) is 18.1. The van der Waals surface area contributed by atoms with Crippen LogP contribution in [0, 0.1) is 17.5 Å². The Hall–Kier alpha value is -4.03. The number of hydrogen-bond donors (Lipinski definition) is 0. The summed E-state index contributed by atoms with van der Waals surface area (Å²) in [6.07, 6.45) is 4.44. The highest BCUT2D eigenvalue weighted by molar-refractivity contribution is 5.78. The van der Waals surface area contributed by atoms with Crippen molar-refractivity contribution in [1.82, 2.24) is 34.9 Å². The largest absolute Gasteiger partial charge is 0.341 e. The van der Waals surface area contributed by atoms with Crippen molar-refractivity contribution in [1.29, 1.82) is 0 Å². The molecule has 34 heavy (non-hydrogen) atoms. The number of hydrazone groups is 1. The first kappa shape index (κ1) is 21.8. The Kier molecular flexibility index (Phi) is 5.59. The second-order valence-electron chi connectivity index (χ2n) is 7.96. The molecule has 1 aromatic carbocycles. The van der Waals surface area contributed by atoms with E-state index in [0.29, 0.717) is 49.8 Å². The van der Waals surface area contributed by atoms with E-state index < -0.39 is 23.5 Å². The molecule has 0 N–H and O–H groups in total. The lowest BCUT2D eigenvalue weighted by Gasteiger charge is -2.37. The SMILES string of the molecule is Cn1nncc1-c1nc(N2CCN(C(=O)N3N=CCC3c3cc(F)cc(F)c3)CC2)ncc1F. The van der Waals surface area contributed by atoms with Gasteiger partial charge in [-0.05, 0) is 17.7 Å². The molecule has 2 aliphatic heterocycles. The van der Waals surface area contributed by atoms with Crippen LogP contribution in [0.1, 0.15) is 18.0 Å². The summed E-state index contributed by atoms with van der Waals surface area (Å²) in [5.41, 5.74) is 0.855. The Labute approximate surface area is 192 Å². The number of benzene rings is 1. The number of carbonyl (C=O) groups is 1. The molecule has 0 spiro atoms. The molecule has 2 aromatic heterocycles. The van der Waals surface area contributed by atoms with Crippen molar-refractivity contribution in [3.05, 3.63) is 53.6 Å². The molecule has 1 fully saturated rings. The summed E-state index contributed by atoms with van der Waals surface area (Å²) in [5, 5.41) is 13.0. The number of rotatable bonds is 3. The van der Waals surface area contributed by atoms with E-state index in [1.54, 1.807) is 18.2 Å². The number of nitrogens with zero attached hydrogens (tertiary/aromatic N) is 9. The summed E-state index contributed by atoms with van der Waals surface area (Å²) in [4.78, 5) is 25.0. The first-order valence-electron chi connectivity index (χ1n) is 10.6. The first-order chi connectivity index (χ1) is 16.4. The van der Waals surface area contributed by atoms with Crippen molar-refractivity contribution < 1.29 is 18.0 Å². The Bertz CT molecular complexity index is 1240. The third-order valence-corrected chi connectivity index (χ3v) is 5.82. The minimum absolute atomic E-state index is 0.0903. The zero-order chi connectivity index (χ0) is 23.8. The van der Waals surface area contributed by atoms with Crippen LogP contribution >= 0.6 is 0 Å². The van der Waals surface area contributed by atoms with Gasteiger partial charge in [0.25, 0.3) is 0 Å². The van der Waals surface area contributed by atoms with E-state index in [-0.39, 0.29) is 11.7 Å². The van der Waals surface area contributed by atoms with E-state index in [1.807, 2.05) is 4.90 Å². The second-order valence-corrected chi connectivity index (χ2v) is 7.96. The van der Waals surface area contributed by atoms with Crippen LogP contribution in [0.25, 0.3) is 11.4 Å². The molecule has 176 valence electrons. The van der Waals surface area contributed by atoms with E-state index in [9.17, 15) is 18.0 Å². The number of carbonyl (C=O) groups excluding carboxylic acids is 1. The summed E-state index contributed by atoms with van der Waals surface area (Å²) < 4.78 is 43.1. The van der Waals surface area contributed by atoms with Crippen LogP contribution in [0.5, 0.6) is 0 Å². The number of amides is 2. The first-order valence-corrected chi connectivity index (χ1v) is 10.6. The molecule has 0 bridgehead atoms. The van der Waals surface area contributed by atoms with Crippen molar-refractivity contribution in [2.24, 2.45) is 12.1 Å². The van der Waals surface area contributed by atoms with Crippen molar-refractivity contribution in [3.8, 4) is 11.4 Å². The predicted molar refractivity (Wildman–Crippen MR) is 115 cm³/mol. The Morgan fingerprint density at radius 2 is 1.76 bits per heavy atom. The minimum atomic E-state index is -0.705. The van der Waals surface area contributed by atoms with Gasteiger partial charge in [0.1, 0.15) is 23.0 Å². The van der Waals surface area contributed by atoms with Crippen LogP contribution in [0.3, 0.4) is 0 Å². The minimum Gasteiger partial charge on any atom is -0.337 e. The molecule has 2 aliphatic rings. The molecular weight excluding hydrogens is 451 g/mol. The van der Waals surface area contributed by atoms with Crippen LogP contribution in [-0.4, -0.2) is 73.3 Å². The smallest absolute Gasteiger partial charge is 0.337 e. The third-order valence-electron chi connectivity index (χ3n) is 5.82. The van der Waals surface area contributed by atoms with Crippen LogP contribution in [0.15, 0.2) is 35.7 Å². The molecule has 10 nitrogen and oxygen atoms in total. The van der Waals surface area contributed by atoms with E-state index in [4.69, 9.17) is 0 Å². The molecule has 5 rings (SSSR count). The van der Waals surface area contributed by atoms with Gasteiger partial charge >= 0.3 is 6.03 Å². The van der Waals surface area contributed by atoms with Crippen LogP contribution in [-0.2, 0) is 7.05 Å². The van der Waals surface area contributed by atoms with Crippen molar-refractivity contribution in [2.75, 3.05) is 31.1 Å². The van der Waals surface area contributed by atoms with Gasteiger partial charge in [0.2, 0.25) is 5.95 Å². The van der Waals surface area contributed by atoms with Gasteiger partial charge in [-0.1, -0.05) is 5.21 Å². The van der Waals surface area contributed by atoms with E-state index in [0.717, 1.165) is 12.3 Å². The van der Waals surface area contributed by atoms with Crippen LogP contribution < -0.4 is 4.90 Å². The molecule has 3 aromatic rings. The summed E-state index contributed by atoms with van der Waals surface area (Å²) in [6, 6.07) is 2.28. The fourth-order valence-corrected chi connectivity index (χ4v) is 4.08. The van der Waals surface area contributed by atoms with Gasteiger partial charge in [-0.15, -0.1) is 5.10 Å². The molecule has 13 heteroatoms. The van der Waals surface area contributed by atoms with Crippen molar-refractivity contribution in [3.63, 3.8) is 0 Å². The summed E-state index contributed by atoms with van der Waals surface area (Å²) >= 11 is 0. The number of hydrogen-bond acceptors (Lipinski definition) is 7. The predicted octanol–water partition coefficient (Wildman–Crippen LogP) is 2.36. The maximum atomic E-state index is 14.3. The van der Waals surface area contributed by atoms with Gasteiger partial charge < -0.3 is 9.80 Å². The summed E-state index contributed by atoms with van der Waals surface area (Å²) in [7, 11) is 1.64. The molecule has 0 aliphatic carbocycles. The monoisotopic (exact) mass is 471 g/mol. The quantitative estimate of drug-likeness (QED) is 0.582. The van der Waals surface area contributed by atoms with Crippen molar-refractivity contribution >= 4 is 18.2 Å². The number of urea groups is 1. The Morgan fingerprint density at radius 3 is 2.44 bits per heavy atom. The average Bonchev–Trinajstić information content (AvgIpc) is 3.48. The lowest BCUT2D eigenvalue weighted by atomic mass is 10.0. The van der Waals surface area contributed by atoms with Crippen LogP contribution in [0.4, 0.5) is 23.9 Å². The topological polar surface area (TPSA) is 95.6 Å². The Balaban J connectivity index is 1.28. The normalized spacial score (nSPS) is 18.1. The van der Waals surface area contributed by atoms with Crippen molar-refractivity contribution in [2.45, 2.75) is 12.5 Å². The van der Waals surface area contributed by atoms with Gasteiger partial charge in [0.05, 0.1) is 18.4 Å². The van der Waals surface area contributed by atoms with E-state index >= 15 is 0 Å². The van der Waals surface area contributed by atoms with Gasteiger partial charge in [-0.2, -0.15) is 5.10 Å². The molecule has 2 amide bonds. The molecule has 1 atom stereocenters. The standard InChI is InChI=1S/C21H20F3N9O/c1-30-18(12-26-29-30)19-16(24)11-25-20(28-19)31-4-6-32(7-5-31)21(34)33-17(2-3-27-33)13-8-14(22)10-15(23)9-13/h3,8-12,17H,2,4-7H2,1H3. The lowest BCUT2D eigenvalue weighted by Crippen LogP contribution is -2.52. The van der Waals surface area contributed by atoms with Gasteiger partial charge in [0.15, 0.2) is 5.82 Å². The highest BCUT2D eigenvalue weighted by Gasteiger charge is 2.34. The lowest BCUT2D eigenvalue weighted by molar-refractivity contribution is 0.139. The third kappa shape index (κ3) is 4.04. The second kappa shape index (κ2) is 8.72. The molecule has 1 unspecified atom stereocenters. The molecule has 4 heterocycles. The van der Waals surface area contributed by atoms with E-state index in [1.165, 1.54) is 28.0 Å². The summed E-state index contributed by atoms with van der Waals surface area (Å²) in [5.74, 6) is -1.67. The fraction of sp³-hybridized carbons (Fsp3) is 0.333. The summed E-state index contributed by atoms with van der Waals surface area (Å²) in [6.45, 7) is 1.52. The van der Waals surface area contributed by atoms with Gasteiger partial charge in [0, 0.05) is 51.9 Å². The number of aryl methyl sites for hydroxylation is 1. The molecule has 0 radical (unpaired) electrons. The molecule has 0 saturated carbocycles. The number of halogens is 3. The maximum Gasteiger partial charge on any atom is 0.341 e. The van der Waals surface area contributed by atoms with Gasteiger partial charge in [-0.3, -0.25) is 0 Å². The average molecular weight is 471 g/mol. The van der Waals surface area contributed by atoms with Crippen LogP contribution in [0.2, 0.25) is 0 Å². The molecular formula is C21H20F3N9O. The highest BCUT2D eigenvalue weighted by atomic mass is 19.1. The van der Waals surface area contributed by atoms with E-state index in [2.05, 4.69) is 25.4 Å². The zero-order valence-corrected chi connectivity index (χ0v) is 18.1. The maximum absolute atomic E-state index is 14.3. The fourth-order valence-electron chi connectivity index (χ4n) is 4.08. The number of piperazine rings is 1.